The van der Waals surface area contributed by atoms with Crippen LogP contribution in [0.3, 0.4) is 0 Å². The highest BCUT2D eigenvalue weighted by Gasteiger charge is 2.35. The number of hydrogen-bond donors (Lipinski definition) is 0. The summed E-state index contributed by atoms with van der Waals surface area (Å²) in [5.74, 6) is 2.67. The summed E-state index contributed by atoms with van der Waals surface area (Å²) in [7, 11) is 0. The van der Waals surface area contributed by atoms with Crippen LogP contribution in [0.1, 0.15) is 32.1 Å². The molecule has 2 bridgehead atoms. The minimum Gasteiger partial charge on any atom is -0.474 e. The van der Waals surface area contributed by atoms with E-state index in [1.54, 1.807) is 0 Å². The molecule has 1 unspecified atom stereocenters. The van der Waals surface area contributed by atoms with Gasteiger partial charge in [0.25, 0.3) is 0 Å². The number of nitrogens with zero attached hydrogens (tertiary/aromatic N) is 1. The third-order valence-corrected chi connectivity index (χ3v) is 4.67. The molecule has 3 heteroatoms. The van der Waals surface area contributed by atoms with E-state index in [1.807, 2.05) is 12.3 Å². The standard InChI is InChI=1S/C13H16INO/c14-12-2-1-5-15-13(12)16-11-7-9-3-4-10(6-9)8-11/h1-2,5,9-11H,3-4,6-8H2/t9-,10+,11?. The summed E-state index contributed by atoms with van der Waals surface area (Å²) in [5.41, 5.74) is 0. The molecule has 0 aromatic carbocycles. The van der Waals surface area contributed by atoms with Crippen LogP contribution in [0.4, 0.5) is 0 Å². The summed E-state index contributed by atoms with van der Waals surface area (Å²) in [6, 6.07) is 4.01. The highest BCUT2D eigenvalue weighted by atomic mass is 127. The summed E-state index contributed by atoms with van der Waals surface area (Å²) in [5, 5.41) is 0. The van der Waals surface area contributed by atoms with Gasteiger partial charge in [0.05, 0.1) is 3.57 Å². The Morgan fingerprint density at radius 3 is 2.62 bits per heavy atom. The molecule has 2 nitrogen and oxygen atoms in total. The van der Waals surface area contributed by atoms with Crippen LogP contribution in [-0.2, 0) is 0 Å². The summed E-state index contributed by atoms with van der Waals surface area (Å²) < 4.78 is 7.17. The van der Waals surface area contributed by atoms with Crippen molar-refractivity contribution < 1.29 is 4.74 Å². The second-order valence-electron chi connectivity index (χ2n) is 5.05. The number of fused-ring (bicyclic) bond motifs is 2. The zero-order valence-corrected chi connectivity index (χ0v) is 11.4. The molecule has 0 saturated heterocycles. The maximum atomic E-state index is 6.05. The smallest absolute Gasteiger partial charge is 0.227 e. The van der Waals surface area contributed by atoms with E-state index in [4.69, 9.17) is 4.74 Å². The molecular formula is C13H16INO. The van der Waals surface area contributed by atoms with Crippen molar-refractivity contribution in [2.24, 2.45) is 11.8 Å². The molecule has 0 radical (unpaired) electrons. The molecule has 2 fully saturated rings. The molecule has 2 aliphatic carbocycles. The van der Waals surface area contributed by atoms with Crippen molar-refractivity contribution in [2.75, 3.05) is 0 Å². The second-order valence-corrected chi connectivity index (χ2v) is 6.21. The molecule has 1 heterocycles. The lowest BCUT2D eigenvalue weighted by molar-refractivity contribution is 0.113. The van der Waals surface area contributed by atoms with Crippen molar-refractivity contribution in [3.8, 4) is 5.88 Å². The van der Waals surface area contributed by atoms with Gasteiger partial charge in [-0.25, -0.2) is 4.98 Å². The van der Waals surface area contributed by atoms with Gasteiger partial charge in [0.1, 0.15) is 6.10 Å². The lowest BCUT2D eigenvalue weighted by Gasteiger charge is -2.28. The number of hydrogen-bond acceptors (Lipinski definition) is 2. The molecule has 1 aromatic heterocycles. The van der Waals surface area contributed by atoms with Crippen molar-refractivity contribution in [1.29, 1.82) is 0 Å². The first kappa shape index (κ1) is 10.8. The van der Waals surface area contributed by atoms with Gasteiger partial charge >= 0.3 is 0 Å². The Balaban J connectivity index is 1.69. The molecule has 3 atom stereocenters. The van der Waals surface area contributed by atoms with Gasteiger partial charge in [-0.1, -0.05) is 12.8 Å². The Bertz CT molecular complexity index is 370. The molecule has 2 aliphatic rings. The van der Waals surface area contributed by atoms with Gasteiger partial charge in [-0.2, -0.15) is 0 Å². The van der Waals surface area contributed by atoms with E-state index in [1.165, 1.54) is 32.1 Å². The van der Waals surface area contributed by atoms with E-state index in [0.717, 1.165) is 21.3 Å². The summed E-state index contributed by atoms with van der Waals surface area (Å²) >= 11 is 2.30. The van der Waals surface area contributed by atoms with Gasteiger partial charge in [-0.3, -0.25) is 0 Å². The number of rotatable bonds is 2. The normalized spacial score (nSPS) is 32.7. The Hall–Kier alpha value is -0.320. The maximum absolute atomic E-state index is 6.05. The number of halogens is 1. The van der Waals surface area contributed by atoms with Gasteiger partial charge in [0.15, 0.2) is 0 Å². The van der Waals surface area contributed by atoms with Crippen LogP contribution in [0.15, 0.2) is 18.3 Å². The Morgan fingerprint density at radius 1 is 1.19 bits per heavy atom. The van der Waals surface area contributed by atoms with Gasteiger partial charge in [-0.05, 0) is 65.8 Å². The highest BCUT2D eigenvalue weighted by Crippen LogP contribution is 2.43. The first-order valence-electron chi connectivity index (χ1n) is 6.08. The molecule has 0 aliphatic heterocycles. The van der Waals surface area contributed by atoms with E-state index in [9.17, 15) is 0 Å². The summed E-state index contributed by atoms with van der Waals surface area (Å²) in [6.07, 6.45) is 8.99. The first-order chi connectivity index (χ1) is 7.81. The zero-order valence-electron chi connectivity index (χ0n) is 9.23. The topological polar surface area (TPSA) is 22.1 Å². The molecule has 16 heavy (non-hydrogen) atoms. The van der Waals surface area contributed by atoms with Gasteiger partial charge in [-0.15, -0.1) is 0 Å². The van der Waals surface area contributed by atoms with E-state index in [2.05, 4.69) is 33.6 Å². The Morgan fingerprint density at radius 2 is 1.94 bits per heavy atom. The van der Waals surface area contributed by atoms with E-state index in [0.29, 0.717) is 6.10 Å². The lowest BCUT2D eigenvalue weighted by Crippen LogP contribution is -2.26. The van der Waals surface area contributed by atoms with Crippen LogP contribution in [0.2, 0.25) is 0 Å². The average Bonchev–Trinajstić information content (AvgIpc) is 2.62. The monoisotopic (exact) mass is 329 g/mol. The minimum absolute atomic E-state index is 0.412. The quantitative estimate of drug-likeness (QED) is 0.773. The van der Waals surface area contributed by atoms with Crippen LogP contribution in [-0.4, -0.2) is 11.1 Å². The average molecular weight is 329 g/mol. The second kappa shape index (κ2) is 4.51. The van der Waals surface area contributed by atoms with Crippen molar-refractivity contribution in [3.63, 3.8) is 0 Å². The van der Waals surface area contributed by atoms with Crippen LogP contribution >= 0.6 is 22.6 Å². The Kier molecular flexibility index (Phi) is 3.05. The molecule has 3 rings (SSSR count). The SMILES string of the molecule is Ic1cccnc1OC1C[C@H]2CC[C@@H](C1)C2. The van der Waals surface area contributed by atoms with Crippen LogP contribution < -0.4 is 4.74 Å². The zero-order chi connectivity index (χ0) is 11.0. The fourth-order valence-corrected chi connectivity index (χ4v) is 3.63. The van der Waals surface area contributed by atoms with Gasteiger partial charge in [0, 0.05) is 6.20 Å². The predicted octanol–water partition coefficient (Wildman–Crippen LogP) is 3.64. The van der Waals surface area contributed by atoms with Gasteiger partial charge < -0.3 is 4.74 Å². The third kappa shape index (κ3) is 2.19. The highest BCUT2D eigenvalue weighted by molar-refractivity contribution is 14.1. The van der Waals surface area contributed by atoms with E-state index in [-0.39, 0.29) is 0 Å². The van der Waals surface area contributed by atoms with Gasteiger partial charge in [0.2, 0.25) is 5.88 Å². The van der Waals surface area contributed by atoms with Crippen molar-refractivity contribution in [2.45, 2.75) is 38.2 Å². The molecule has 0 N–H and O–H groups in total. The third-order valence-electron chi connectivity index (χ3n) is 3.85. The van der Waals surface area contributed by atoms with Crippen LogP contribution in [0.25, 0.3) is 0 Å². The predicted molar refractivity (Wildman–Crippen MR) is 71.4 cm³/mol. The summed E-state index contributed by atoms with van der Waals surface area (Å²) in [6.45, 7) is 0. The van der Waals surface area contributed by atoms with Crippen molar-refractivity contribution in [1.82, 2.24) is 4.98 Å². The lowest BCUT2D eigenvalue weighted by atomic mass is 9.87. The number of pyridine rings is 1. The molecule has 0 amide bonds. The number of ether oxygens (including phenoxy) is 1. The van der Waals surface area contributed by atoms with Crippen molar-refractivity contribution in [3.05, 3.63) is 21.9 Å². The van der Waals surface area contributed by atoms with Crippen LogP contribution in [0.5, 0.6) is 5.88 Å². The number of aromatic nitrogens is 1. The van der Waals surface area contributed by atoms with E-state index < -0.39 is 0 Å². The molecular weight excluding hydrogens is 313 g/mol. The largest absolute Gasteiger partial charge is 0.474 e. The minimum atomic E-state index is 0.412. The fraction of sp³-hybridized carbons (Fsp3) is 0.615. The maximum Gasteiger partial charge on any atom is 0.227 e. The molecule has 86 valence electrons. The molecule has 0 spiro atoms. The first-order valence-corrected chi connectivity index (χ1v) is 7.16. The molecule has 2 saturated carbocycles. The summed E-state index contributed by atoms with van der Waals surface area (Å²) in [4.78, 5) is 4.31. The molecule has 1 aromatic rings. The Labute approximate surface area is 110 Å². The fourth-order valence-electron chi connectivity index (χ4n) is 3.16. The van der Waals surface area contributed by atoms with Crippen molar-refractivity contribution >= 4 is 22.6 Å². The van der Waals surface area contributed by atoms with E-state index >= 15 is 0 Å². The van der Waals surface area contributed by atoms with Crippen LogP contribution in [0, 0.1) is 15.4 Å².